The zero-order chi connectivity index (χ0) is 26.4. The topological polar surface area (TPSA) is 81.4 Å². The second-order valence-electron chi connectivity index (χ2n) is 9.41. The maximum Gasteiger partial charge on any atom is 0.304 e. The number of aryl methyl sites for hydroxylation is 2. The van der Waals surface area contributed by atoms with E-state index in [2.05, 4.69) is 96.1 Å². The molecule has 7 nitrogen and oxygen atoms in total. The number of anilines is 1. The highest BCUT2D eigenvalue weighted by Crippen LogP contribution is 2.39. The molecule has 8 heteroatoms. The molecular formula is C30H27N5O2S. The second kappa shape index (κ2) is 9.54. The van der Waals surface area contributed by atoms with E-state index >= 15 is 0 Å². The predicted octanol–water partition coefficient (Wildman–Crippen LogP) is 6.43. The van der Waals surface area contributed by atoms with E-state index < -0.39 is 12.2 Å². The van der Waals surface area contributed by atoms with Crippen LogP contribution in [0.15, 0.2) is 71.7 Å². The summed E-state index contributed by atoms with van der Waals surface area (Å²) in [5, 5.41) is 15.6. The molecule has 1 aliphatic rings. The number of nitrogens with one attached hydrogen (secondary N) is 1. The van der Waals surface area contributed by atoms with Crippen molar-refractivity contribution < 1.29 is 9.53 Å². The standard InChI is InChI=1S/C30H27N5O2S/c1-17-18(2)38-30-26(17)27(32-29(37-20(4)36)28-34-33-19(3)35(28)30)22-12-14-24(15-13-22)31-16-23-10-7-9-21-8-5-6-11-25(21)23/h5-15,29,31H,16H2,1-4H3/t29-/m0/s1. The fourth-order valence-corrected chi connectivity index (χ4v) is 6.13. The van der Waals surface area contributed by atoms with Crippen molar-refractivity contribution in [2.75, 3.05) is 5.32 Å². The Morgan fingerprint density at radius 3 is 2.55 bits per heavy atom. The fraction of sp³-hybridized carbons (Fsp3) is 0.200. The van der Waals surface area contributed by atoms with Crippen LogP contribution >= 0.6 is 11.3 Å². The summed E-state index contributed by atoms with van der Waals surface area (Å²) in [5.74, 6) is 0.809. The molecule has 0 saturated carbocycles. The third kappa shape index (κ3) is 4.16. The largest absolute Gasteiger partial charge is 0.432 e. The molecule has 0 fully saturated rings. The molecular weight excluding hydrogens is 494 g/mol. The predicted molar refractivity (Wildman–Crippen MR) is 151 cm³/mol. The molecule has 0 saturated heterocycles. The summed E-state index contributed by atoms with van der Waals surface area (Å²) in [7, 11) is 0. The molecule has 0 bridgehead atoms. The third-order valence-electron chi connectivity index (χ3n) is 6.92. The third-order valence-corrected chi connectivity index (χ3v) is 8.11. The van der Waals surface area contributed by atoms with Crippen LogP contribution in [0.3, 0.4) is 0 Å². The van der Waals surface area contributed by atoms with Gasteiger partial charge in [-0.2, -0.15) is 0 Å². The molecule has 3 heterocycles. The van der Waals surface area contributed by atoms with Gasteiger partial charge in [0.2, 0.25) is 5.82 Å². The number of rotatable bonds is 5. The molecule has 0 unspecified atom stereocenters. The van der Waals surface area contributed by atoms with Gasteiger partial charge in [0.05, 0.1) is 5.71 Å². The van der Waals surface area contributed by atoms with E-state index in [9.17, 15) is 4.79 Å². The number of carbonyl (C=O) groups excluding carboxylic acids is 1. The lowest BCUT2D eigenvalue weighted by Gasteiger charge is -2.13. The van der Waals surface area contributed by atoms with Crippen LogP contribution in [0.5, 0.6) is 0 Å². The van der Waals surface area contributed by atoms with Crippen LogP contribution < -0.4 is 5.32 Å². The second-order valence-corrected chi connectivity index (χ2v) is 10.6. The highest BCUT2D eigenvalue weighted by molar-refractivity contribution is 7.15. The van der Waals surface area contributed by atoms with Crippen molar-refractivity contribution in [2.45, 2.75) is 40.5 Å². The molecule has 38 heavy (non-hydrogen) atoms. The molecule has 0 radical (unpaired) electrons. The Hall–Kier alpha value is -4.30. The monoisotopic (exact) mass is 521 g/mol. The molecule has 1 atom stereocenters. The van der Waals surface area contributed by atoms with Crippen molar-refractivity contribution >= 4 is 39.5 Å². The van der Waals surface area contributed by atoms with Gasteiger partial charge in [-0.05, 0) is 54.8 Å². The number of aromatic nitrogens is 3. The lowest BCUT2D eigenvalue weighted by Crippen LogP contribution is -2.12. The molecule has 5 aromatic rings. The van der Waals surface area contributed by atoms with Gasteiger partial charge in [0.25, 0.3) is 6.23 Å². The quantitative estimate of drug-likeness (QED) is 0.270. The van der Waals surface area contributed by atoms with Crippen molar-refractivity contribution in [3.8, 4) is 5.00 Å². The van der Waals surface area contributed by atoms with Gasteiger partial charge < -0.3 is 10.1 Å². The molecule has 0 spiro atoms. The van der Waals surface area contributed by atoms with Crippen molar-refractivity contribution in [3.63, 3.8) is 0 Å². The summed E-state index contributed by atoms with van der Waals surface area (Å²) in [4.78, 5) is 18.1. The minimum atomic E-state index is -0.882. The summed E-state index contributed by atoms with van der Waals surface area (Å²) in [6.07, 6.45) is -0.882. The van der Waals surface area contributed by atoms with Crippen molar-refractivity contribution in [2.24, 2.45) is 4.99 Å². The van der Waals surface area contributed by atoms with E-state index in [0.717, 1.165) is 45.5 Å². The fourth-order valence-electron chi connectivity index (χ4n) is 4.92. The Labute approximate surface area is 224 Å². The lowest BCUT2D eigenvalue weighted by atomic mass is 9.99. The van der Waals surface area contributed by atoms with Gasteiger partial charge in [0.15, 0.2) is 0 Å². The normalized spacial score (nSPS) is 14.4. The van der Waals surface area contributed by atoms with Crippen molar-refractivity contribution in [1.29, 1.82) is 0 Å². The first-order valence-corrected chi connectivity index (χ1v) is 13.3. The molecule has 6 rings (SSSR count). The van der Waals surface area contributed by atoms with Gasteiger partial charge in [-0.15, -0.1) is 21.5 Å². The maximum atomic E-state index is 12.0. The highest BCUT2D eigenvalue weighted by Gasteiger charge is 2.32. The van der Waals surface area contributed by atoms with E-state index in [1.165, 1.54) is 28.1 Å². The minimum Gasteiger partial charge on any atom is -0.432 e. The van der Waals surface area contributed by atoms with Crippen LogP contribution in [0.1, 0.15) is 51.9 Å². The summed E-state index contributed by atoms with van der Waals surface area (Å²) in [6, 6.07) is 23.1. The average molecular weight is 522 g/mol. The lowest BCUT2D eigenvalue weighted by molar-refractivity contribution is -0.146. The highest BCUT2D eigenvalue weighted by atomic mass is 32.1. The number of nitrogens with zero attached hydrogens (tertiary/aromatic N) is 4. The summed E-state index contributed by atoms with van der Waals surface area (Å²) < 4.78 is 7.58. The van der Waals surface area contributed by atoms with Crippen LogP contribution in [0.2, 0.25) is 0 Å². The van der Waals surface area contributed by atoms with E-state index in [1.807, 2.05) is 11.5 Å². The van der Waals surface area contributed by atoms with Gasteiger partial charge in [-0.25, -0.2) is 4.99 Å². The van der Waals surface area contributed by atoms with Gasteiger partial charge in [0.1, 0.15) is 10.8 Å². The van der Waals surface area contributed by atoms with Crippen LogP contribution in [-0.4, -0.2) is 26.4 Å². The Balaban J connectivity index is 1.36. The van der Waals surface area contributed by atoms with E-state index in [1.54, 1.807) is 11.3 Å². The number of fused-ring (bicyclic) bond motifs is 4. The molecule has 0 amide bonds. The van der Waals surface area contributed by atoms with E-state index in [0.29, 0.717) is 5.82 Å². The van der Waals surface area contributed by atoms with E-state index in [4.69, 9.17) is 9.73 Å². The average Bonchev–Trinajstić information content (AvgIpc) is 3.39. The molecule has 2 aromatic heterocycles. The molecule has 1 aliphatic heterocycles. The smallest absolute Gasteiger partial charge is 0.304 e. The van der Waals surface area contributed by atoms with E-state index in [-0.39, 0.29) is 0 Å². The van der Waals surface area contributed by atoms with Crippen molar-refractivity contribution in [1.82, 2.24) is 14.8 Å². The Morgan fingerprint density at radius 2 is 1.76 bits per heavy atom. The molecule has 0 aliphatic carbocycles. The number of thiophene rings is 1. The van der Waals surface area contributed by atoms with Crippen LogP contribution in [0, 0.1) is 20.8 Å². The van der Waals surface area contributed by atoms with Crippen LogP contribution in [-0.2, 0) is 16.1 Å². The SMILES string of the molecule is CC(=O)O[C@@H]1N=C(c2ccc(NCc3cccc4ccccc34)cc2)c2c(sc(C)c2C)-n2c(C)nnc21. The zero-order valence-electron chi connectivity index (χ0n) is 21.6. The Kier molecular flexibility index (Phi) is 6.04. The molecule has 3 aromatic carbocycles. The number of hydrogen-bond acceptors (Lipinski definition) is 7. The summed E-state index contributed by atoms with van der Waals surface area (Å²) in [5.41, 5.74) is 6.14. The summed E-state index contributed by atoms with van der Waals surface area (Å²) >= 11 is 1.67. The number of aliphatic imine (C=N–C) groups is 1. The van der Waals surface area contributed by atoms with Gasteiger partial charge in [0, 0.05) is 35.2 Å². The van der Waals surface area contributed by atoms with Gasteiger partial charge >= 0.3 is 5.97 Å². The van der Waals surface area contributed by atoms with Crippen molar-refractivity contribution in [3.05, 3.63) is 106 Å². The number of carbonyl (C=O) groups is 1. The number of esters is 1. The zero-order valence-corrected chi connectivity index (χ0v) is 22.5. The summed E-state index contributed by atoms with van der Waals surface area (Å²) in [6.45, 7) is 8.21. The number of ether oxygens (including phenoxy) is 1. The van der Waals surface area contributed by atoms with Crippen LogP contribution in [0.4, 0.5) is 5.69 Å². The Morgan fingerprint density at radius 1 is 1.00 bits per heavy atom. The Bertz CT molecular complexity index is 1710. The first-order chi connectivity index (χ1) is 18.4. The molecule has 190 valence electrons. The first-order valence-electron chi connectivity index (χ1n) is 12.5. The minimum absolute atomic E-state index is 0.420. The first kappa shape index (κ1) is 24.1. The van der Waals surface area contributed by atoms with Gasteiger partial charge in [-0.3, -0.25) is 9.36 Å². The van der Waals surface area contributed by atoms with Crippen LogP contribution in [0.25, 0.3) is 15.8 Å². The number of benzene rings is 3. The number of hydrogen-bond donors (Lipinski definition) is 1. The molecule has 1 N–H and O–H groups in total. The maximum absolute atomic E-state index is 12.0. The van der Waals surface area contributed by atoms with Gasteiger partial charge in [-0.1, -0.05) is 54.6 Å².